The zero-order valence-corrected chi connectivity index (χ0v) is 15.2. The number of hydrogen-bond donors (Lipinski definition) is 1. The third-order valence-corrected chi connectivity index (χ3v) is 5.50. The zero-order valence-electron chi connectivity index (χ0n) is 15.2. The van der Waals surface area contributed by atoms with Gasteiger partial charge in [0.15, 0.2) is 0 Å². The maximum Gasteiger partial charge on any atom is 0.0332 e. The summed E-state index contributed by atoms with van der Waals surface area (Å²) in [4.78, 5) is 5.01. The van der Waals surface area contributed by atoms with Crippen molar-refractivity contribution in [1.29, 1.82) is 0 Å². The molecule has 2 atom stereocenters. The molecule has 0 aromatic rings. The van der Waals surface area contributed by atoms with Crippen LogP contribution in [0.5, 0.6) is 0 Å². The molecule has 0 bridgehead atoms. The number of nitrogens with two attached hydrogens (primary N) is 1. The molecule has 1 fully saturated rings. The molecule has 0 radical (unpaired) electrons. The minimum atomic E-state index is 0.260. The van der Waals surface area contributed by atoms with E-state index < -0.39 is 0 Å². The van der Waals surface area contributed by atoms with Gasteiger partial charge in [0, 0.05) is 25.2 Å². The molecule has 126 valence electrons. The molecule has 21 heavy (non-hydrogen) atoms. The summed E-state index contributed by atoms with van der Waals surface area (Å²) in [7, 11) is 4.34. The van der Waals surface area contributed by atoms with E-state index in [-0.39, 0.29) is 5.54 Å². The molecule has 0 aromatic carbocycles. The SMILES string of the molecule is CCCN(CCN(C)C)C1(CN)CCCC(C(C)C)CC1. The lowest BCUT2D eigenvalue weighted by Gasteiger charge is -2.44. The van der Waals surface area contributed by atoms with Gasteiger partial charge in [-0.15, -0.1) is 0 Å². The van der Waals surface area contributed by atoms with Crippen molar-refractivity contribution in [3.05, 3.63) is 0 Å². The Morgan fingerprint density at radius 3 is 2.33 bits per heavy atom. The van der Waals surface area contributed by atoms with Gasteiger partial charge < -0.3 is 10.6 Å². The van der Waals surface area contributed by atoms with Gasteiger partial charge >= 0.3 is 0 Å². The molecule has 3 heteroatoms. The molecule has 1 aliphatic rings. The minimum absolute atomic E-state index is 0.260. The van der Waals surface area contributed by atoms with E-state index in [2.05, 4.69) is 44.7 Å². The molecular formula is C18H39N3. The largest absolute Gasteiger partial charge is 0.329 e. The first-order valence-corrected chi connectivity index (χ1v) is 9.05. The van der Waals surface area contributed by atoms with Crippen LogP contribution >= 0.6 is 0 Å². The van der Waals surface area contributed by atoms with Crippen molar-refractivity contribution in [1.82, 2.24) is 9.80 Å². The topological polar surface area (TPSA) is 32.5 Å². The molecule has 0 aliphatic heterocycles. The van der Waals surface area contributed by atoms with Crippen LogP contribution in [0.15, 0.2) is 0 Å². The predicted octanol–water partition coefficient (Wildman–Crippen LogP) is 3.19. The van der Waals surface area contributed by atoms with Gasteiger partial charge in [-0.25, -0.2) is 0 Å². The molecule has 0 heterocycles. The Kier molecular flexibility index (Phi) is 8.22. The summed E-state index contributed by atoms with van der Waals surface area (Å²) in [6.45, 7) is 11.4. The molecule has 2 N–H and O–H groups in total. The lowest BCUT2D eigenvalue weighted by atomic mass is 9.85. The molecule has 1 aliphatic carbocycles. The summed E-state index contributed by atoms with van der Waals surface area (Å²) < 4.78 is 0. The monoisotopic (exact) mass is 297 g/mol. The highest BCUT2D eigenvalue weighted by Gasteiger charge is 2.37. The van der Waals surface area contributed by atoms with Crippen LogP contribution in [0.2, 0.25) is 0 Å². The van der Waals surface area contributed by atoms with Crippen molar-refractivity contribution in [2.75, 3.05) is 40.3 Å². The van der Waals surface area contributed by atoms with Crippen LogP contribution < -0.4 is 5.73 Å². The maximum absolute atomic E-state index is 6.31. The van der Waals surface area contributed by atoms with E-state index in [1.54, 1.807) is 0 Å². The van der Waals surface area contributed by atoms with Gasteiger partial charge in [-0.3, -0.25) is 4.90 Å². The maximum atomic E-state index is 6.31. The van der Waals surface area contributed by atoms with Crippen LogP contribution in [0, 0.1) is 11.8 Å². The molecule has 3 nitrogen and oxygen atoms in total. The first-order chi connectivity index (χ1) is 9.95. The van der Waals surface area contributed by atoms with Crippen LogP contribution in [-0.2, 0) is 0 Å². The second-order valence-corrected chi connectivity index (χ2v) is 7.65. The molecule has 1 saturated carbocycles. The average molecular weight is 298 g/mol. The Labute approximate surface area is 133 Å². The molecule has 1 rings (SSSR count). The molecule has 0 amide bonds. The smallest absolute Gasteiger partial charge is 0.0332 e. The van der Waals surface area contributed by atoms with E-state index in [0.717, 1.165) is 31.5 Å². The lowest BCUT2D eigenvalue weighted by molar-refractivity contribution is 0.0691. The van der Waals surface area contributed by atoms with E-state index in [4.69, 9.17) is 5.73 Å². The summed E-state index contributed by atoms with van der Waals surface area (Å²) in [5.41, 5.74) is 6.57. The van der Waals surface area contributed by atoms with Crippen molar-refractivity contribution in [2.24, 2.45) is 17.6 Å². The van der Waals surface area contributed by atoms with Crippen LogP contribution in [0.25, 0.3) is 0 Å². The average Bonchev–Trinajstić information content (AvgIpc) is 2.66. The van der Waals surface area contributed by atoms with Gasteiger partial charge in [0.2, 0.25) is 0 Å². The van der Waals surface area contributed by atoms with Gasteiger partial charge in [-0.1, -0.05) is 33.6 Å². The Balaban J connectivity index is 2.78. The highest BCUT2D eigenvalue weighted by molar-refractivity contribution is 4.94. The van der Waals surface area contributed by atoms with Crippen LogP contribution in [0.1, 0.15) is 59.3 Å². The fourth-order valence-electron chi connectivity index (χ4n) is 3.91. The number of nitrogens with zero attached hydrogens (tertiary/aromatic N) is 2. The fourth-order valence-corrected chi connectivity index (χ4v) is 3.91. The van der Waals surface area contributed by atoms with Crippen molar-refractivity contribution in [3.8, 4) is 0 Å². The Morgan fingerprint density at radius 2 is 1.81 bits per heavy atom. The lowest BCUT2D eigenvalue weighted by Crippen LogP contribution is -2.55. The van der Waals surface area contributed by atoms with Gasteiger partial charge in [0.1, 0.15) is 0 Å². The highest BCUT2D eigenvalue weighted by Crippen LogP contribution is 2.37. The van der Waals surface area contributed by atoms with Gasteiger partial charge in [0.05, 0.1) is 0 Å². The third kappa shape index (κ3) is 5.54. The quantitative estimate of drug-likeness (QED) is 0.698. The summed E-state index contributed by atoms with van der Waals surface area (Å²) in [6.07, 6.45) is 7.91. The normalized spacial score (nSPS) is 27.6. The summed E-state index contributed by atoms with van der Waals surface area (Å²) >= 11 is 0. The first-order valence-electron chi connectivity index (χ1n) is 9.05. The zero-order chi connectivity index (χ0) is 15.9. The van der Waals surface area contributed by atoms with E-state index in [0.29, 0.717) is 0 Å². The molecule has 2 unspecified atom stereocenters. The van der Waals surface area contributed by atoms with E-state index in [1.807, 2.05) is 0 Å². The Hall–Kier alpha value is -0.120. The molecule has 0 saturated heterocycles. The predicted molar refractivity (Wildman–Crippen MR) is 93.6 cm³/mol. The van der Waals surface area contributed by atoms with Crippen molar-refractivity contribution >= 4 is 0 Å². The molecular weight excluding hydrogens is 258 g/mol. The van der Waals surface area contributed by atoms with Gasteiger partial charge in [0.25, 0.3) is 0 Å². The van der Waals surface area contributed by atoms with Crippen LogP contribution in [0.3, 0.4) is 0 Å². The number of likely N-dealkylation sites (N-methyl/N-ethyl adjacent to an activating group) is 1. The summed E-state index contributed by atoms with van der Waals surface area (Å²) in [5.74, 6) is 1.72. The number of rotatable bonds is 8. The Morgan fingerprint density at radius 1 is 1.10 bits per heavy atom. The van der Waals surface area contributed by atoms with Crippen LogP contribution in [-0.4, -0.2) is 55.6 Å². The second-order valence-electron chi connectivity index (χ2n) is 7.65. The minimum Gasteiger partial charge on any atom is -0.329 e. The van der Waals surface area contributed by atoms with Gasteiger partial charge in [-0.05, 0) is 58.2 Å². The molecule has 0 spiro atoms. The first kappa shape index (κ1) is 18.9. The van der Waals surface area contributed by atoms with Crippen LogP contribution in [0.4, 0.5) is 0 Å². The van der Waals surface area contributed by atoms with Crippen molar-refractivity contribution < 1.29 is 0 Å². The van der Waals surface area contributed by atoms with E-state index in [1.165, 1.54) is 45.1 Å². The fraction of sp³-hybridized carbons (Fsp3) is 1.00. The van der Waals surface area contributed by atoms with Crippen molar-refractivity contribution in [3.63, 3.8) is 0 Å². The van der Waals surface area contributed by atoms with Gasteiger partial charge in [-0.2, -0.15) is 0 Å². The Bertz CT molecular complexity index is 278. The third-order valence-electron chi connectivity index (χ3n) is 5.50. The summed E-state index contributed by atoms with van der Waals surface area (Å²) in [5, 5.41) is 0. The van der Waals surface area contributed by atoms with E-state index >= 15 is 0 Å². The summed E-state index contributed by atoms with van der Waals surface area (Å²) in [6, 6.07) is 0. The van der Waals surface area contributed by atoms with E-state index in [9.17, 15) is 0 Å². The second kappa shape index (κ2) is 9.12. The standard InChI is InChI=1S/C18H39N3/c1-6-12-21(14-13-20(4)5)18(15-19)10-7-8-17(9-11-18)16(2)3/h16-17H,6-15,19H2,1-5H3. The number of hydrogen-bond acceptors (Lipinski definition) is 3. The highest BCUT2D eigenvalue weighted by atomic mass is 15.2. The van der Waals surface area contributed by atoms with Crippen molar-refractivity contribution in [2.45, 2.75) is 64.8 Å². The molecule has 0 aromatic heterocycles.